The summed E-state index contributed by atoms with van der Waals surface area (Å²) in [6.45, 7) is 0.674. The first kappa shape index (κ1) is 21.1. The number of hydrogen-bond acceptors (Lipinski definition) is 4. The van der Waals surface area contributed by atoms with Crippen molar-refractivity contribution in [2.75, 3.05) is 18.5 Å². The molecule has 33 heavy (non-hydrogen) atoms. The molecule has 0 saturated carbocycles. The second-order valence-electron chi connectivity index (χ2n) is 8.15. The minimum atomic E-state index is -2.63. The summed E-state index contributed by atoms with van der Waals surface area (Å²) in [4.78, 5) is 18.8. The van der Waals surface area contributed by atoms with E-state index in [2.05, 4.69) is 15.4 Å². The third-order valence-corrected chi connectivity index (χ3v) is 6.07. The van der Waals surface area contributed by atoms with Gasteiger partial charge in [-0.15, -0.1) is 0 Å². The fourth-order valence-corrected chi connectivity index (χ4v) is 4.49. The zero-order valence-corrected chi connectivity index (χ0v) is 18.3. The molecule has 0 atom stereocenters. The van der Waals surface area contributed by atoms with Gasteiger partial charge in [0.05, 0.1) is 17.4 Å². The number of aromatic nitrogens is 3. The van der Waals surface area contributed by atoms with Crippen LogP contribution < -0.4 is 10.2 Å². The Morgan fingerprint density at radius 3 is 2.73 bits per heavy atom. The SMILES string of the molecule is CNC(=O)c1ccc2cccc(N3CCCc4cc(-c5cnn(C)c5)c(C(F)F)cc43)c2n1. The van der Waals surface area contributed by atoms with Gasteiger partial charge in [0.1, 0.15) is 5.69 Å². The molecule has 6 nitrogen and oxygen atoms in total. The van der Waals surface area contributed by atoms with Crippen LogP contribution in [0.4, 0.5) is 20.2 Å². The van der Waals surface area contributed by atoms with E-state index in [1.165, 1.54) is 0 Å². The number of aryl methyl sites for hydroxylation is 2. The van der Waals surface area contributed by atoms with Crippen LogP contribution >= 0.6 is 0 Å². The predicted octanol–water partition coefficient (Wildman–Crippen LogP) is 5.02. The molecule has 0 bridgehead atoms. The third kappa shape index (κ3) is 3.71. The van der Waals surface area contributed by atoms with Crippen molar-refractivity contribution in [2.45, 2.75) is 19.3 Å². The van der Waals surface area contributed by atoms with E-state index in [1.807, 2.05) is 35.2 Å². The molecule has 0 unspecified atom stereocenters. The van der Waals surface area contributed by atoms with E-state index >= 15 is 0 Å². The van der Waals surface area contributed by atoms with E-state index in [4.69, 9.17) is 0 Å². The van der Waals surface area contributed by atoms with Crippen LogP contribution in [-0.4, -0.2) is 34.3 Å². The summed E-state index contributed by atoms with van der Waals surface area (Å²) < 4.78 is 29.9. The molecule has 1 aliphatic rings. The number of benzene rings is 2. The topological polar surface area (TPSA) is 63.1 Å². The Hall–Kier alpha value is -3.81. The number of rotatable bonds is 4. The molecule has 0 spiro atoms. The maximum absolute atomic E-state index is 14.2. The zero-order valence-electron chi connectivity index (χ0n) is 18.3. The van der Waals surface area contributed by atoms with Gasteiger partial charge in [0.15, 0.2) is 0 Å². The highest BCUT2D eigenvalue weighted by Crippen LogP contribution is 2.42. The molecule has 8 heteroatoms. The summed E-state index contributed by atoms with van der Waals surface area (Å²) >= 11 is 0. The van der Waals surface area contributed by atoms with Crippen LogP contribution in [0.2, 0.25) is 0 Å². The second kappa shape index (κ2) is 8.27. The number of halogens is 2. The lowest BCUT2D eigenvalue weighted by Gasteiger charge is -2.33. The van der Waals surface area contributed by atoms with Gasteiger partial charge in [-0.3, -0.25) is 9.48 Å². The van der Waals surface area contributed by atoms with Crippen LogP contribution in [-0.2, 0) is 13.5 Å². The Labute approximate surface area is 189 Å². The van der Waals surface area contributed by atoms with E-state index in [9.17, 15) is 13.6 Å². The highest BCUT2D eigenvalue weighted by Gasteiger charge is 2.26. The molecule has 0 radical (unpaired) electrons. The lowest BCUT2D eigenvalue weighted by Crippen LogP contribution is -2.25. The number of anilines is 2. The number of carbonyl (C=O) groups excluding carboxylic acids is 1. The molecule has 0 fully saturated rings. The molecule has 0 aliphatic carbocycles. The highest BCUT2D eigenvalue weighted by atomic mass is 19.3. The first-order valence-corrected chi connectivity index (χ1v) is 10.8. The Morgan fingerprint density at radius 2 is 2.00 bits per heavy atom. The van der Waals surface area contributed by atoms with Crippen molar-refractivity contribution >= 4 is 28.2 Å². The van der Waals surface area contributed by atoms with Gasteiger partial charge in [0, 0.05) is 49.0 Å². The number of fused-ring (bicyclic) bond motifs is 2. The quantitative estimate of drug-likeness (QED) is 0.477. The summed E-state index contributed by atoms with van der Waals surface area (Å²) in [7, 11) is 3.33. The molecule has 4 aromatic rings. The molecule has 0 saturated heterocycles. The molecule has 168 valence electrons. The van der Waals surface area contributed by atoms with Crippen LogP contribution in [0.5, 0.6) is 0 Å². The second-order valence-corrected chi connectivity index (χ2v) is 8.15. The molecule has 5 rings (SSSR count). The minimum Gasteiger partial charge on any atom is -0.354 e. The van der Waals surface area contributed by atoms with Gasteiger partial charge in [-0.1, -0.05) is 18.2 Å². The summed E-state index contributed by atoms with van der Waals surface area (Å²) in [6.07, 6.45) is 2.41. The van der Waals surface area contributed by atoms with Crippen molar-refractivity contribution < 1.29 is 13.6 Å². The normalized spacial score (nSPS) is 13.4. The average Bonchev–Trinajstić information content (AvgIpc) is 3.27. The molecule has 1 amide bonds. The summed E-state index contributed by atoms with van der Waals surface area (Å²) in [6, 6.07) is 12.8. The first-order chi connectivity index (χ1) is 16.0. The van der Waals surface area contributed by atoms with E-state index in [-0.39, 0.29) is 11.5 Å². The van der Waals surface area contributed by atoms with Crippen LogP contribution in [0.1, 0.15) is 34.5 Å². The monoisotopic (exact) mass is 447 g/mol. The molecule has 1 aliphatic heterocycles. The van der Waals surface area contributed by atoms with E-state index in [0.29, 0.717) is 28.9 Å². The fraction of sp³-hybridized carbons (Fsp3) is 0.240. The molecule has 3 heterocycles. The summed E-state index contributed by atoms with van der Waals surface area (Å²) in [5.74, 6) is -0.271. The van der Waals surface area contributed by atoms with E-state index in [1.54, 1.807) is 43.3 Å². The van der Waals surface area contributed by atoms with Crippen LogP contribution in [0.25, 0.3) is 22.0 Å². The van der Waals surface area contributed by atoms with Gasteiger partial charge in [0.2, 0.25) is 0 Å². The number of nitrogens with one attached hydrogen (secondary N) is 1. The number of nitrogens with zero attached hydrogens (tertiary/aromatic N) is 4. The maximum atomic E-state index is 14.2. The van der Waals surface area contributed by atoms with Gasteiger partial charge in [-0.05, 0) is 48.2 Å². The number of hydrogen-bond donors (Lipinski definition) is 1. The Bertz CT molecular complexity index is 1360. The van der Waals surface area contributed by atoms with Crippen molar-refractivity contribution in [1.29, 1.82) is 0 Å². The van der Waals surface area contributed by atoms with Crippen LogP contribution in [0, 0.1) is 0 Å². The largest absolute Gasteiger partial charge is 0.354 e. The number of carbonyl (C=O) groups is 1. The predicted molar refractivity (Wildman–Crippen MR) is 124 cm³/mol. The standard InChI is InChI=1S/C25H23F2N5O/c1-28-25(33)20-9-8-15-5-3-7-21(23(15)30-20)32-10-4-6-16-11-18(17-13-29-31(2)14-17)19(24(26)27)12-22(16)32/h3,5,7-9,11-14,24H,4,6,10H2,1-2H3,(H,28,33). The van der Waals surface area contributed by atoms with E-state index in [0.717, 1.165) is 35.2 Å². The number of pyridine rings is 1. The summed E-state index contributed by atoms with van der Waals surface area (Å²) in [5, 5.41) is 7.63. The third-order valence-electron chi connectivity index (χ3n) is 6.07. The molecular weight excluding hydrogens is 424 g/mol. The van der Waals surface area contributed by atoms with E-state index < -0.39 is 6.43 Å². The Kier molecular flexibility index (Phi) is 5.28. The van der Waals surface area contributed by atoms with Gasteiger partial charge in [-0.2, -0.15) is 5.10 Å². The Morgan fingerprint density at radius 1 is 1.15 bits per heavy atom. The van der Waals surface area contributed by atoms with Crippen molar-refractivity contribution in [1.82, 2.24) is 20.1 Å². The lowest BCUT2D eigenvalue weighted by molar-refractivity contribution is 0.0958. The molecule has 2 aromatic heterocycles. The molecule has 1 N–H and O–H groups in total. The molecule has 2 aromatic carbocycles. The van der Waals surface area contributed by atoms with Crippen LogP contribution in [0.15, 0.2) is 54.9 Å². The van der Waals surface area contributed by atoms with Gasteiger partial charge in [-0.25, -0.2) is 13.8 Å². The highest BCUT2D eigenvalue weighted by molar-refractivity contribution is 5.99. The lowest BCUT2D eigenvalue weighted by atomic mass is 9.92. The van der Waals surface area contributed by atoms with Crippen LogP contribution in [0.3, 0.4) is 0 Å². The summed E-state index contributed by atoms with van der Waals surface area (Å²) in [5.41, 5.74) is 4.71. The smallest absolute Gasteiger partial charge is 0.269 e. The first-order valence-electron chi connectivity index (χ1n) is 10.8. The van der Waals surface area contributed by atoms with Gasteiger partial charge >= 0.3 is 0 Å². The Balaban J connectivity index is 1.68. The average molecular weight is 447 g/mol. The molecular formula is C25H23F2N5O. The minimum absolute atomic E-state index is 0.0205. The number of para-hydroxylation sites is 1. The number of amides is 1. The maximum Gasteiger partial charge on any atom is 0.269 e. The van der Waals surface area contributed by atoms with Crippen molar-refractivity contribution in [3.63, 3.8) is 0 Å². The zero-order chi connectivity index (χ0) is 23.1. The fourth-order valence-electron chi connectivity index (χ4n) is 4.49. The number of alkyl halides is 2. The van der Waals surface area contributed by atoms with Crippen molar-refractivity contribution in [3.8, 4) is 11.1 Å². The van der Waals surface area contributed by atoms with Crippen molar-refractivity contribution in [2.24, 2.45) is 7.05 Å². The van der Waals surface area contributed by atoms with Gasteiger partial charge in [0.25, 0.3) is 12.3 Å². The van der Waals surface area contributed by atoms with Gasteiger partial charge < -0.3 is 10.2 Å². The van der Waals surface area contributed by atoms with Crippen molar-refractivity contribution in [3.05, 3.63) is 71.7 Å².